The summed E-state index contributed by atoms with van der Waals surface area (Å²) in [6.07, 6.45) is 1.97. The molecule has 2 aromatic rings. The van der Waals surface area contributed by atoms with Gasteiger partial charge in [-0.2, -0.15) is 0 Å². The Kier molecular flexibility index (Phi) is 7.55. The number of para-hydroxylation sites is 1. The molecule has 0 unspecified atom stereocenters. The lowest BCUT2D eigenvalue weighted by atomic mass is 10.0. The first kappa shape index (κ1) is 20.2. The maximum atomic E-state index is 12.6. The van der Waals surface area contributed by atoms with Gasteiger partial charge in [0.15, 0.2) is 0 Å². The van der Waals surface area contributed by atoms with Gasteiger partial charge in [0, 0.05) is 6.92 Å². The topological polar surface area (TPSA) is 84.5 Å². The first-order valence-corrected chi connectivity index (χ1v) is 8.80. The van der Waals surface area contributed by atoms with Gasteiger partial charge in [-0.1, -0.05) is 42.5 Å². The lowest BCUT2D eigenvalue weighted by molar-refractivity contribution is -0.143. The van der Waals surface area contributed by atoms with Crippen molar-refractivity contribution in [3.63, 3.8) is 0 Å². The maximum absolute atomic E-state index is 12.6. The summed E-state index contributed by atoms with van der Waals surface area (Å²) in [5.74, 6) is -1.20. The average Bonchev–Trinajstić information content (AvgIpc) is 2.67. The molecule has 6 heteroatoms. The lowest BCUT2D eigenvalue weighted by Crippen LogP contribution is -2.41. The van der Waals surface area contributed by atoms with Gasteiger partial charge in [-0.15, -0.1) is 0 Å². The van der Waals surface area contributed by atoms with Gasteiger partial charge >= 0.3 is 5.97 Å². The summed E-state index contributed by atoms with van der Waals surface area (Å²) in [4.78, 5) is 36.0. The van der Waals surface area contributed by atoms with Crippen molar-refractivity contribution < 1.29 is 19.1 Å². The van der Waals surface area contributed by atoms with Crippen molar-refractivity contribution in [1.82, 2.24) is 5.32 Å². The van der Waals surface area contributed by atoms with Crippen molar-refractivity contribution in [3.8, 4) is 0 Å². The molecule has 0 bridgehead atoms. The minimum Gasteiger partial charge on any atom is -0.467 e. The normalized spacial score (nSPS) is 11.3. The average molecular weight is 368 g/mol. The van der Waals surface area contributed by atoms with Crippen molar-refractivity contribution in [1.29, 1.82) is 0 Å². The zero-order valence-corrected chi connectivity index (χ0v) is 15.5. The van der Waals surface area contributed by atoms with Crippen LogP contribution in [0.3, 0.4) is 0 Å². The second-order valence-electron chi connectivity index (χ2n) is 6.15. The second kappa shape index (κ2) is 10.1. The second-order valence-corrected chi connectivity index (χ2v) is 6.15. The number of hydrogen-bond donors (Lipinski definition) is 2. The Bertz CT molecular complexity index is 790. The molecule has 0 aliphatic rings. The molecule has 0 aliphatic carbocycles. The molecule has 0 aliphatic heterocycles. The number of rotatable bonds is 8. The first-order valence-electron chi connectivity index (χ1n) is 8.80. The molecular formula is C21H24N2O4. The van der Waals surface area contributed by atoms with Gasteiger partial charge in [0.1, 0.15) is 6.04 Å². The van der Waals surface area contributed by atoms with Crippen LogP contribution in [0.15, 0.2) is 54.6 Å². The predicted octanol–water partition coefficient (Wildman–Crippen LogP) is 2.94. The zero-order chi connectivity index (χ0) is 19.6. The molecule has 142 valence electrons. The highest BCUT2D eigenvalue weighted by Gasteiger charge is 2.23. The minimum absolute atomic E-state index is 0.275. The third-order valence-corrected chi connectivity index (χ3v) is 4.07. The first-order chi connectivity index (χ1) is 13.0. The number of carbonyl (C=O) groups excluding carboxylic acids is 3. The molecule has 0 heterocycles. The van der Waals surface area contributed by atoms with E-state index >= 15 is 0 Å². The van der Waals surface area contributed by atoms with Crippen LogP contribution in [0.25, 0.3) is 0 Å². The molecule has 0 radical (unpaired) electrons. The molecule has 2 amide bonds. The fourth-order valence-corrected chi connectivity index (χ4v) is 2.76. The largest absolute Gasteiger partial charge is 0.467 e. The van der Waals surface area contributed by atoms with Crippen LogP contribution in [-0.4, -0.2) is 30.9 Å². The van der Waals surface area contributed by atoms with Crippen LogP contribution in [0.5, 0.6) is 0 Å². The number of esters is 1. The summed E-state index contributed by atoms with van der Waals surface area (Å²) in [7, 11) is 1.30. The molecule has 6 nitrogen and oxygen atoms in total. The molecule has 0 saturated heterocycles. The fourth-order valence-electron chi connectivity index (χ4n) is 2.76. The molecule has 27 heavy (non-hydrogen) atoms. The quantitative estimate of drug-likeness (QED) is 0.702. The van der Waals surface area contributed by atoms with E-state index < -0.39 is 17.9 Å². The SMILES string of the molecule is COC(=O)[C@@H](CCCc1ccccc1)NC(=O)c1ccccc1NC(C)=O. The van der Waals surface area contributed by atoms with E-state index in [9.17, 15) is 14.4 Å². The van der Waals surface area contributed by atoms with Gasteiger partial charge in [0.25, 0.3) is 5.91 Å². The van der Waals surface area contributed by atoms with Crippen LogP contribution in [0.1, 0.15) is 35.7 Å². The molecule has 0 aromatic heterocycles. The van der Waals surface area contributed by atoms with E-state index in [1.54, 1.807) is 24.3 Å². The Labute approximate surface area is 158 Å². The summed E-state index contributed by atoms with van der Waals surface area (Å²) >= 11 is 0. The lowest BCUT2D eigenvalue weighted by Gasteiger charge is -2.18. The molecule has 1 atom stereocenters. The maximum Gasteiger partial charge on any atom is 0.328 e. The monoisotopic (exact) mass is 368 g/mol. The molecule has 0 fully saturated rings. The predicted molar refractivity (Wildman–Crippen MR) is 103 cm³/mol. The molecule has 0 saturated carbocycles. The van der Waals surface area contributed by atoms with Crippen molar-refractivity contribution >= 4 is 23.5 Å². The number of carbonyl (C=O) groups is 3. The van der Waals surface area contributed by atoms with Crippen LogP contribution in [-0.2, 0) is 20.7 Å². The van der Waals surface area contributed by atoms with Gasteiger partial charge in [-0.05, 0) is 37.0 Å². The molecule has 0 spiro atoms. The van der Waals surface area contributed by atoms with Gasteiger partial charge in [0.05, 0.1) is 18.4 Å². The summed E-state index contributed by atoms with van der Waals surface area (Å²) in [6, 6.07) is 15.8. The zero-order valence-electron chi connectivity index (χ0n) is 15.5. The summed E-state index contributed by atoms with van der Waals surface area (Å²) < 4.78 is 4.82. The van der Waals surface area contributed by atoms with Crippen molar-refractivity contribution in [2.24, 2.45) is 0 Å². The third kappa shape index (κ3) is 6.26. The molecule has 2 N–H and O–H groups in total. The number of methoxy groups -OCH3 is 1. The standard InChI is InChI=1S/C21H24N2O4/c1-15(24)22-18-13-7-6-12-17(18)20(25)23-19(21(26)27-2)14-8-11-16-9-4-3-5-10-16/h3-7,9-10,12-13,19H,8,11,14H2,1-2H3,(H,22,24)(H,23,25)/t19-/m1/s1. The minimum atomic E-state index is -0.753. The van der Waals surface area contributed by atoms with E-state index in [1.807, 2.05) is 30.3 Å². The highest BCUT2D eigenvalue weighted by molar-refractivity contribution is 6.04. The van der Waals surface area contributed by atoms with Crippen LogP contribution in [0.2, 0.25) is 0 Å². The Morgan fingerprint density at radius 2 is 1.67 bits per heavy atom. The Balaban J connectivity index is 2.04. The number of anilines is 1. The van der Waals surface area contributed by atoms with Gasteiger partial charge in [-0.25, -0.2) is 4.79 Å². The summed E-state index contributed by atoms with van der Waals surface area (Å²) in [5.41, 5.74) is 1.86. The number of hydrogen-bond acceptors (Lipinski definition) is 4. The van der Waals surface area contributed by atoms with E-state index in [0.717, 1.165) is 12.8 Å². The number of benzene rings is 2. The van der Waals surface area contributed by atoms with Crippen molar-refractivity contribution in [2.75, 3.05) is 12.4 Å². The van der Waals surface area contributed by atoms with Crippen LogP contribution < -0.4 is 10.6 Å². The van der Waals surface area contributed by atoms with Gasteiger partial charge < -0.3 is 15.4 Å². The Morgan fingerprint density at radius 1 is 1.00 bits per heavy atom. The number of aryl methyl sites for hydroxylation is 1. The molecule has 2 aromatic carbocycles. The van der Waals surface area contributed by atoms with Crippen LogP contribution >= 0.6 is 0 Å². The molecular weight excluding hydrogens is 344 g/mol. The smallest absolute Gasteiger partial charge is 0.328 e. The number of nitrogens with one attached hydrogen (secondary N) is 2. The molecule has 2 rings (SSSR count). The van der Waals surface area contributed by atoms with Gasteiger partial charge in [-0.3, -0.25) is 9.59 Å². The van der Waals surface area contributed by atoms with E-state index in [-0.39, 0.29) is 5.91 Å². The highest BCUT2D eigenvalue weighted by Crippen LogP contribution is 2.16. The van der Waals surface area contributed by atoms with Gasteiger partial charge in [0.2, 0.25) is 5.91 Å². The van der Waals surface area contributed by atoms with E-state index in [4.69, 9.17) is 4.74 Å². The van der Waals surface area contributed by atoms with Crippen LogP contribution in [0.4, 0.5) is 5.69 Å². The summed E-state index contributed by atoms with van der Waals surface area (Å²) in [5, 5.41) is 5.34. The van der Waals surface area contributed by atoms with Crippen LogP contribution in [0, 0.1) is 0 Å². The van der Waals surface area contributed by atoms with Crippen molar-refractivity contribution in [2.45, 2.75) is 32.2 Å². The van der Waals surface area contributed by atoms with E-state index in [1.165, 1.54) is 19.6 Å². The number of ether oxygens (including phenoxy) is 1. The van der Waals surface area contributed by atoms with E-state index in [0.29, 0.717) is 17.7 Å². The number of amides is 2. The third-order valence-electron chi connectivity index (χ3n) is 4.07. The van der Waals surface area contributed by atoms with E-state index in [2.05, 4.69) is 10.6 Å². The Morgan fingerprint density at radius 3 is 2.33 bits per heavy atom. The highest BCUT2D eigenvalue weighted by atomic mass is 16.5. The summed E-state index contributed by atoms with van der Waals surface area (Å²) in [6.45, 7) is 1.37. The Hall–Kier alpha value is -3.15. The fraction of sp³-hybridized carbons (Fsp3) is 0.286. The van der Waals surface area contributed by atoms with Crippen molar-refractivity contribution in [3.05, 3.63) is 65.7 Å².